The monoisotopic (exact) mass is 97.1 g/mol. The zero-order valence-corrected chi connectivity index (χ0v) is 4.89. The van der Waals surface area contributed by atoms with Crippen LogP contribution in [-0.2, 0) is 0 Å². The third kappa shape index (κ3) is 5.41. The lowest BCUT2D eigenvalue weighted by Gasteiger charge is -1.73. The lowest BCUT2D eigenvalue weighted by Crippen LogP contribution is -1.65. The summed E-state index contributed by atoms with van der Waals surface area (Å²) in [6, 6.07) is 0. The second-order valence-electron chi connectivity index (χ2n) is 1.25. The van der Waals surface area contributed by atoms with Crippen molar-refractivity contribution in [2.75, 3.05) is 7.05 Å². The van der Waals surface area contributed by atoms with E-state index in [1.807, 2.05) is 19.2 Å². The Hall–Kier alpha value is -0.590. The fraction of sp³-hybridized carbons (Fsp3) is 0.500. The summed E-state index contributed by atoms with van der Waals surface area (Å²) < 4.78 is 0. The van der Waals surface area contributed by atoms with Gasteiger partial charge in [-0.25, -0.2) is 0 Å². The molecule has 0 aromatic rings. The molecule has 0 aliphatic rings. The number of nitrogens with zero attached hydrogens (tertiary/aromatic N) is 1. The van der Waals surface area contributed by atoms with Crippen LogP contribution in [0, 0.1) is 0 Å². The molecule has 0 bridgehead atoms. The van der Waals surface area contributed by atoms with Crippen molar-refractivity contribution in [2.45, 2.75) is 13.3 Å². The fourth-order valence-electron chi connectivity index (χ4n) is 0.302. The molecule has 0 aliphatic carbocycles. The number of rotatable bonds is 2. The molecular weight excluding hydrogens is 86.1 g/mol. The number of aliphatic imine (C=N–C) groups is 1. The number of allylic oxidation sites excluding steroid dienone is 2. The van der Waals surface area contributed by atoms with Gasteiger partial charge < -0.3 is 4.99 Å². The Balaban J connectivity index is 2.98. The van der Waals surface area contributed by atoms with Crippen molar-refractivity contribution < 1.29 is 0 Å². The van der Waals surface area contributed by atoms with Crippen LogP contribution in [-0.4, -0.2) is 13.3 Å². The van der Waals surface area contributed by atoms with Crippen molar-refractivity contribution in [3.05, 3.63) is 12.2 Å². The standard InChI is InChI=1S/C6H11N/c1-3-4-5-6-7-2/h3-4,6H,5H2,1-2H3/b4-3-,7-6?. The van der Waals surface area contributed by atoms with Crippen LogP contribution in [0.25, 0.3) is 0 Å². The SMILES string of the molecule is C/C=C\CC=NC. The molecule has 0 fully saturated rings. The van der Waals surface area contributed by atoms with E-state index in [-0.39, 0.29) is 0 Å². The molecule has 7 heavy (non-hydrogen) atoms. The van der Waals surface area contributed by atoms with E-state index in [1.165, 1.54) is 0 Å². The first-order valence-electron chi connectivity index (χ1n) is 2.43. The Morgan fingerprint density at radius 3 is 2.71 bits per heavy atom. The van der Waals surface area contributed by atoms with E-state index < -0.39 is 0 Å². The first-order valence-corrected chi connectivity index (χ1v) is 2.43. The topological polar surface area (TPSA) is 12.4 Å². The highest BCUT2D eigenvalue weighted by atomic mass is 14.6. The molecule has 40 valence electrons. The van der Waals surface area contributed by atoms with Crippen molar-refractivity contribution in [1.29, 1.82) is 0 Å². The molecule has 0 amide bonds. The Kier molecular flexibility index (Phi) is 4.95. The summed E-state index contributed by atoms with van der Waals surface area (Å²) in [4.78, 5) is 3.80. The first kappa shape index (κ1) is 6.41. The van der Waals surface area contributed by atoms with Gasteiger partial charge >= 0.3 is 0 Å². The van der Waals surface area contributed by atoms with Crippen LogP contribution in [0.15, 0.2) is 17.1 Å². The zero-order valence-electron chi connectivity index (χ0n) is 4.89. The molecule has 0 atom stereocenters. The Labute approximate surface area is 44.8 Å². The molecule has 1 heteroatoms. The summed E-state index contributed by atoms with van der Waals surface area (Å²) in [5.41, 5.74) is 0. The minimum atomic E-state index is 0.965. The van der Waals surface area contributed by atoms with Crippen LogP contribution in [0.5, 0.6) is 0 Å². The minimum absolute atomic E-state index is 0.965. The molecule has 0 saturated heterocycles. The van der Waals surface area contributed by atoms with Crippen molar-refractivity contribution in [3.63, 3.8) is 0 Å². The smallest absolute Gasteiger partial charge is 0.0273 e. The van der Waals surface area contributed by atoms with E-state index in [0.29, 0.717) is 0 Å². The van der Waals surface area contributed by atoms with Crippen LogP contribution in [0.3, 0.4) is 0 Å². The highest BCUT2D eigenvalue weighted by Crippen LogP contribution is 1.74. The predicted molar refractivity (Wildman–Crippen MR) is 33.8 cm³/mol. The van der Waals surface area contributed by atoms with Crippen LogP contribution >= 0.6 is 0 Å². The van der Waals surface area contributed by atoms with Gasteiger partial charge in [-0.1, -0.05) is 12.2 Å². The molecule has 0 N–H and O–H groups in total. The second kappa shape index (κ2) is 5.41. The molecule has 0 rings (SSSR count). The quantitative estimate of drug-likeness (QED) is 0.367. The highest BCUT2D eigenvalue weighted by molar-refractivity contribution is 5.58. The van der Waals surface area contributed by atoms with Gasteiger partial charge in [-0.05, 0) is 6.92 Å². The van der Waals surface area contributed by atoms with Crippen molar-refractivity contribution >= 4 is 6.21 Å². The summed E-state index contributed by atoms with van der Waals surface area (Å²) in [5.74, 6) is 0. The Morgan fingerprint density at radius 1 is 1.57 bits per heavy atom. The Bertz CT molecular complexity index is 62.2. The van der Waals surface area contributed by atoms with Crippen molar-refractivity contribution in [2.24, 2.45) is 4.99 Å². The van der Waals surface area contributed by atoms with E-state index in [2.05, 4.69) is 11.1 Å². The zero-order chi connectivity index (χ0) is 5.54. The normalized spacial score (nSPS) is 11.7. The van der Waals surface area contributed by atoms with Crippen molar-refractivity contribution in [1.82, 2.24) is 0 Å². The molecular formula is C6H11N. The first-order chi connectivity index (χ1) is 3.41. The van der Waals surface area contributed by atoms with Crippen LogP contribution < -0.4 is 0 Å². The minimum Gasteiger partial charge on any atom is -0.301 e. The van der Waals surface area contributed by atoms with Crippen LogP contribution in [0.4, 0.5) is 0 Å². The van der Waals surface area contributed by atoms with Gasteiger partial charge in [-0.2, -0.15) is 0 Å². The van der Waals surface area contributed by atoms with Gasteiger partial charge in [-0.15, -0.1) is 0 Å². The third-order valence-corrected chi connectivity index (χ3v) is 0.660. The van der Waals surface area contributed by atoms with Gasteiger partial charge in [0.2, 0.25) is 0 Å². The van der Waals surface area contributed by atoms with E-state index in [4.69, 9.17) is 0 Å². The fourth-order valence-corrected chi connectivity index (χ4v) is 0.302. The lowest BCUT2D eigenvalue weighted by molar-refractivity contribution is 1.40. The van der Waals surface area contributed by atoms with Crippen LogP contribution in [0.1, 0.15) is 13.3 Å². The largest absolute Gasteiger partial charge is 0.301 e. The van der Waals surface area contributed by atoms with Gasteiger partial charge in [0.05, 0.1) is 0 Å². The van der Waals surface area contributed by atoms with Gasteiger partial charge in [-0.3, -0.25) is 0 Å². The average molecular weight is 97.2 g/mol. The summed E-state index contributed by atoms with van der Waals surface area (Å²) in [5, 5.41) is 0. The molecule has 0 aromatic heterocycles. The lowest BCUT2D eigenvalue weighted by atomic mass is 10.4. The van der Waals surface area contributed by atoms with E-state index >= 15 is 0 Å². The molecule has 0 saturated carbocycles. The van der Waals surface area contributed by atoms with E-state index in [1.54, 1.807) is 7.05 Å². The number of hydrogen-bond acceptors (Lipinski definition) is 1. The predicted octanol–water partition coefficient (Wildman–Crippen LogP) is 1.65. The van der Waals surface area contributed by atoms with Gasteiger partial charge in [0.25, 0.3) is 0 Å². The number of hydrogen-bond donors (Lipinski definition) is 0. The second-order valence-corrected chi connectivity index (χ2v) is 1.25. The van der Waals surface area contributed by atoms with Gasteiger partial charge in [0, 0.05) is 19.7 Å². The maximum Gasteiger partial charge on any atom is 0.0273 e. The molecule has 0 unspecified atom stereocenters. The van der Waals surface area contributed by atoms with E-state index in [9.17, 15) is 0 Å². The maximum atomic E-state index is 3.80. The molecule has 0 heterocycles. The van der Waals surface area contributed by atoms with Gasteiger partial charge in [0.15, 0.2) is 0 Å². The summed E-state index contributed by atoms with van der Waals surface area (Å²) in [6.45, 7) is 2.00. The molecule has 0 aliphatic heterocycles. The summed E-state index contributed by atoms with van der Waals surface area (Å²) in [7, 11) is 1.78. The molecule has 1 nitrogen and oxygen atoms in total. The highest BCUT2D eigenvalue weighted by Gasteiger charge is 1.62. The van der Waals surface area contributed by atoms with E-state index in [0.717, 1.165) is 6.42 Å². The molecule has 0 radical (unpaired) electrons. The average Bonchev–Trinajstić information content (AvgIpc) is 1.69. The molecule has 0 spiro atoms. The Morgan fingerprint density at radius 2 is 2.29 bits per heavy atom. The summed E-state index contributed by atoms with van der Waals surface area (Å²) in [6.07, 6.45) is 6.92. The third-order valence-electron chi connectivity index (χ3n) is 0.660. The van der Waals surface area contributed by atoms with Crippen molar-refractivity contribution in [3.8, 4) is 0 Å². The van der Waals surface area contributed by atoms with Crippen LogP contribution in [0.2, 0.25) is 0 Å². The maximum absolute atomic E-state index is 3.80. The molecule has 0 aromatic carbocycles. The summed E-state index contributed by atoms with van der Waals surface area (Å²) >= 11 is 0. The van der Waals surface area contributed by atoms with Gasteiger partial charge in [0.1, 0.15) is 0 Å².